The third-order valence-corrected chi connectivity index (χ3v) is 3.29. The number of hydrogen-bond acceptors (Lipinski definition) is 3. The molecule has 5 heteroatoms. The molecule has 1 fully saturated rings. The first-order chi connectivity index (χ1) is 8.56. The van der Waals surface area contributed by atoms with E-state index >= 15 is 0 Å². The standard InChI is InChI=1S/C13H16N2O3/c1-8-2-3-10(7-14-8)12(16)15-11-5-4-9(6-11)13(17)18/h2-3,7,9,11H,4-6H2,1H3,(H,15,16)(H,17,18)/t9-,11-/m0/s1. The number of aromatic nitrogens is 1. The van der Waals surface area contributed by atoms with Crippen molar-refractivity contribution in [1.82, 2.24) is 10.3 Å². The van der Waals surface area contributed by atoms with Crippen LogP contribution in [-0.2, 0) is 4.79 Å². The summed E-state index contributed by atoms with van der Waals surface area (Å²) in [5, 5.41) is 11.7. The van der Waals surface area contributed by atoms with Crippen LogP contribution in [0.25, 0.3) is 0 Å². The Morgan fingerprint density at radius 3 is 2.72 bits per heavy atom. The molecule has 2 N–H and O–H groups in total. The molecule has 0 spiro atoms. The van der Waals surface area contributed by atoms with E-state index in [9.17, 15) is 9.59 Å². The number of carbonyl (C=O) groups excluding carboxylic acids is 1. The molecule has 1 aliphatic rings. The molecule has 2 atom stereocenters. The molecule has 0 bridgehead atoms. The minimum absolute atomic E-state index is 0.0418. The van der Waals surface area contributed by atoms with E-state index in [2.05, 4.69) is 10.3 Å². The van der Waals surface area contributed by atoms with Crippen molar-refractivity contribution in [3.63, 3.8) is 0 Å². The Hall–Kier alpha value is -1.91. The molecule has 1 aromatic heterocycles. The summed E-state index contributed by atoms with van der Waals surface area (Å²) in [6.45, 7) is 1.86. The zero-order valence-corrected chi connectivity index (χ0v) is 10.2. The molecule has 0 aliphatic heterocycles. The van der Waals surface area contributed by atoms with Crippen molar-refractivity contribution in [1.29, 1.82) is 0 Å². The van der Waals surface area contributed by atoms with Gasteiger partial charge in [-0.1, -0.05) is 0 Å². The Morgan fingerprint density at radius 1 is 1.39 bits per heavy atom. The number of carbonyl (C=O) groups is 2. The fourth-order valence-corrected chi connectivity index (χ4v) is 2.21. The number of pyridine rings is 1. The van der Waals surface area contributed by atoms with Gasteiger partial charge < -0.3 is 10.4 Å². The summed E-state index contributed by atoms with van der Waals surface area (Å²) in [5.74, 6) is -1.28. The summed E-state index contributed by atoms with van der Waals surface area (Å²) in [6, 6.07) is 3.46. The van der Waals surface area contributed by atoms with Gasteiger partial charge in [0.25, 0.3) is 5.91 Å². The third-order valence-electron chi connectivity index (χ3n) is 3.29. The van der Waals surface area contributed by atoms with E-state index < -0.39 is 5.97 Å². The molecule has 5 nitrogen and oxygen atoms in total. The molecule has 1 amide bonds. The molecule has 96 valence electrons. The zero-order chi connectivity index (χ0) is 13.1. The van der Waals surface area contributed by atoms with Crippen molar-refractivity contribution in [2.45, 2.75) is 32.2 Å². The van der Waals surface area contributed by atoms with E-state index in [0.29, 0.717) is 18.4 Å². The van der Waals surface area contributed by atoms with E-state index in [1.165, 1.54) is 6.20 Å². The van der Waals surface area contributed by atoms with Gasteiger partial charge in [0.05, 0.1) is 11.5 Å². The molecule has 18 heavy (non-hydrogen) atoms. The number of aryl methyl sites for hydroxylation is 1. The van der Waals surface area contributed by atoms with Crippen molar-refractivity contribution in [3.05, 3.63) is 29.6 Å². The molecular formula is C13H16N2O3. The Bertz CT molecular complexity index is 456. The maximum Gasteiger partial charge on any atom is 0.306 e. The number of aliphatic carboxylic acids is 1. The minimum Gasteiger partial charge on any atom is -0.481 e. The van der Waals surface area contributed by atoms with Crippen molar-refractivity contribution in [2.24, 2.45) is 5.92 Å². The highest BCUT2D eigenvalue weighted by molar-refractivity contribution is 5.94. The lowest BCUT2D eigenvalue weighted by atomic mass is 10.1. The molecule has 0 aromatic carbocycles. The van der Waals surface area contributed by atoms with Gasteiger partial charge >= 0.3 is 5.97 Å². The lowest BCUT2D eigenvalue weighted by Crippen LogP contribution is -2.33. The van der Waals surface area contributed by atoms with Crippen LogP contribution in [0.3, 0.4) is 0 Å². The highest BCUT2D eigenvalue weighted by Crippen LogP contribution is 2.25. The van der Waals surface area contributed by atoms with Gasteiger partial charge in [-0.2, -0.15) is 0 Å². The molecular weight excluding hydrogens is 232 g/mol. The van der Waals surface area contributed by atoms with Gasteiger partial charge in [-0.05, 0) is 38.3 Å². The van der Waals surface area contributed by atoms with Crippen LogP contribution in [0, 0.1) is 12.8 Å². The molecule has 0 unspecified atom stereocenters. The summed E-state index contributed by atoms with van der Waals surface area (Å²) >= 11 is 0. The second-order valence-corrected chi connectivity index (χ2v) is 4.71. The predicted molar refractivity (Wildman–Crippen MR) is 65.2 cm³/mol. The topological polar surface area (TPSA) is 79.3 Å². The fraction of sp³-hybridized carbons (Fsp3) is 0.462. The van der Waals surface area contributed by atoms with Crippen molar-refractivity contribution in [2.75, 3.05) is 0 Å². The molecule has 1 aliphatic carbocycles. The van der Waals surface area contributed by atoms with Gasteiger partial charge in [-0.3, -0.25) is 14.6 Å². The normalized spacial score (nSPS) is 22.7. The van der Waals surface area contributed by atoms with Crippen LogP contribution in [0.4, 0.5) is 0 Å². The molecule has 1 saturated carbocycles. The van der Waals surface area contributed by atoms with E-state index in [4.69, 9.17) is 5.11 Å². The van der Waals surface area contributed by atoms with Gasteiger partial charge in [-0.15, -0.1) is 0 Å². The minimum atomic E-state index is -0.774. The predicted octanol–water partition coefficient (Wildman–Crippen LogP) is 1.37. The van der Waals surface area contributed by atoms with E-state index in [1.807, 2.05) is 6.92 Å². The second kappa shape index (κ2) is 5.16. The van der Waals surface area contributed by atoms with Crippen molar-refractivity contribution >= 4 is 11.9 Å². The lowest BCUT2D eigenvalue weighted by molar-refractivity contribution is -0.141. The zero-order valence-electron chi connectivity index (χ0n) is 10.2. The van der Waals surface area contributed by atoms with Gasteiger partial charge in [0.1, 0.15) is 0 Å². The number of carboxylic acids is 1. The van der Waals surface area contributed by atoms with Gasteiger partial charge in [0, 0.05) is 17.9 Å². The van der Waals surface area contributed by atoms with Crippen molar-refractivity contribution in [3.8, 4) is 0 Å². The molecule has 2 rings (SSSR count). The fourth-order valence-electron chi connectivity index (χ4n) is 2.21. The third kappa shape index (κ3) is 2.85. The smallest absolute Gasteiger partial charge is 0.306 e. The molecule has 1 aromatic rings. The Labute approximate surface area is 105 Å². The average Bonchev–Trinajstić information content (AvgIpc) is 2.78. The molecule has 1 heterocycles. The first-order valence-electron chi connectivity index (χ1n) is 6.02. The summed E-state index contributed by atoms with van der Waals surface area (Å²) in [5.41, 5.74) is 1.37. The van der Waals surface area contributed by atoms with Crippen molar-refractivity contribution < 1.29 is 14.7 Å². The van der Waals surface area contributed by atoms with Gasteiger partial charge in [0.15, 0.2) is 0 Å². The van der Waals surface area contributed by atoms with E-state index in [0.717, 1.165) is 12.1 Å². The van der Waals surface area contributed by atoms with Crippen LogP contribution in [0.5, 0.6) is 0 Å². The van der Waals surface area contributed by atoms with Crippen LogP contribution in [0.15, 0.2) is 18.3 Å². The SMILES string of the molecule is Cc1ccc(C(=O)N[C@H]2CC[C@H](C(=O)O)C2)cn1. The van der Waals surface area contributed by atoms with Crippen LogP contribution in [0.1, 0.15) is 35.3 Å². The Balaban J connectivity index is 1.92. The molecule has 0 saturated heterocycles. The Morgan fingerprint density at radius 2 is 2.17 bits per heavy atom. The number of amides is 1. The first kappa shape index (κ1) is 12.5. The highest BCUT2D eigenvalue weighted by atomic mass is 16.4. The van der Waals surface area contributed by atoms with E-state index in [-0.39, 0.29) is 17.9 Å². The summed E-state index contributed by atoms with van der Waals surface area (Å²) < 4.78 is 0. The Kier molecular flexibility index (Phi) is 3.60. The quantitative estimate of drug-likeness (QED) is 0.846. The first-order valence-corrected chi connectivity index (χ1v) is 6.02. The van der Waals surface area contributed by atoms with Crippen LogP contribution < -0.4 is 5.32 Å². The molecule has 0 radical (unpaired) electrons. The number of rotatable bonds is 3. The summed E-state index contributed by atoms with van der Waals surface area (Å²) in [4.78, 5) is 26.8. The number of carboxylic acid groups (broad SMARTS) is 1. The largest absolute Gasteiger partial charge is 0.481 e. The van der Waals surface area contributed by atoms with Crippen LogP contribution in [-0.4, -0.2) is 28.0 Å². The van der Waals surface area contributed by atoms with Gasteiger partial charge in [-0.25, -0.2) is 0 Å². The lowest BCUT2D eigenvalue weighted by Gasteiger charge is -2.12. The number of nitrogens with one attached hydrogen (secondary N) is 1. The average molecular weight is 248 g/mol. The second-order valence-electron chi connectivity index (χ2n) is 4.71. The van der Waals surface area contributed by atoms with Crippen LogP contribution in [0.2, 0.25) is 0 Å². The number of hydrogen-bond donors (Lipinski definition) is 2. The maximum absolute atomic E-state index is 11.9. The van der Waals surface area contributed by atoms with E-state index in [1.54, 1.807) is 12.1 Å². The summed E-state index contributed by atoms with van der Waals surface area (Å²) in [6.07, 6.45) is 3.41. The summed E-state index contributed by atoms with van der Waals surface area (Å²) in [7, 11) is 0. The van der Waals surface area contributed by atoms with Crippen LogP contribution >= 0.6 is 0 Å². The van der Waals surface area contributed by atoms with Gasteiger partial charge in [0.2, 0.25) is 0 Å². The monoisotopic (exact) mass is 248 g/mol. The highest BCUT2D eigenvalue weighted by Gasteiger charge is 2.30. The maximum atomic E-state index is 11.9. The number of nitrogens with zero attached hydrogens (tertiary/aromatic N) is 1.